The van der Waals surface area contributed by atoms with Crippen LogP contribution in [-0.2, 0) is 0 Å². The lowest BCUT2D eigenvalue weighted by Gasteiger charge is -2.06. The number of benzene rings is 2. The third-order valence-electron chi connectivity index (χ3n) is 2.84. The fraction of sp³-hybridized carbons (Fsp3) is 0. The van der Waals surface area contributed by atoms with Crippen molar-refractivity contribution in [2.75, 3.05) is 0 Å². The van der Waals surface area contributed by atoms with Crippen LogP contribution in [0.3, 0.4) is 0 Å². The van der Waals surface area contributed by atoms with E-state index < -0.39 is 0 Å². The van der Waals surface area contributed by atoms with E-state index in [1.807, 2.05) is 6.07 Å². The summed E-state index contributed by atoms with van der Waals surface area (Å²) in [5.74, 6) is -0.701. The second kappa shape index (κ2) is 4.18. The zero-order chi connectivity index (χ0) is 12.5. The average Bonchev–Trinajstić information content (AvgIpc) is 2.39. The quantitative estimate of drug-likeness (QED) is 0.622. The molecule has 2 aromatic carbocycles. The Bertz CT molecular complexity index is 723. The van der Waals surface area contributed by atoms with Crippen LogP contribution in [0.1, 0.15) is 0 Å². The Balaban J connectivity index is 2.33. The van der Waals surface area contributed by atoms with Crippen molar-refractivity contribution in [2.24, 2.45) is 0 Å². The van der Waals surface area contributed by atoms with E-state index in [-0.39, 0.29) is 11.6 Å². The Morgan fingerprint density at radius 2 is 1.61 bits per heavy atom. The van der Waals surface area contributed by atoms with Crippen molar-refractivity contribution < 1.29 is 8.78 Å². The first-order valence-corrected chi connectivity index (χ1v) is 5.55. The van der Waals surface area contributed by atoms with Gasteiger partial charge in [-0.2, -0.15) is 0 Å². The second-order valence-electron chi connectivity index (χ2n) is 4.01. The van der Waals surface area contributed by atoms with Crippen LogP contribution in [0, 0.1) is 11.6 Å². The highest BCUT2D eigenvalue weighted by molar-refractivity contribution is 5.94. The number of pyridine rings is 1. The van der Waals surface area contributed by atoms with Gasteiger partial charge in [0, 0.05) is 16.3 Å². The number of hydrogen-bond acceptors (Lipinski definition) is 1. The second-order valence-corrected chi connectivity index (χ2v) is 4.01. The van der Waals surface area contributed by atoms with Crippen molar-refractivity contribution in [3.8, 4) is 11.3 Å². The van der Waals surface area contributed by atoms with Crippen LogP contribution < -0.4 is 0 Å². The van der Waals surface area contributed by atoms with Crippen LogP contribution in [0.15, 0.2) is 54.7 Å². The van der Waals surface area contributed by atoms with E-state index in [0.717, 1.165) is 0 Å². The molecule has 88 valence electrons. The fourth-order valence-electron chi connectivity index (χ4n) is 2.02. The summed E-state index contributed by atoms with van der Waals surface area (Å²) in [5, 5.41) is 1.18. The molecule has 0 amide bonds. The molecule has 0 N–H and O–H groups in total. The largest absolute Gasteiger partial charge is 0.253 e. The lowest BCUT2D eigenvalue weighted by atomic mass is 10.0. The van der Waals surface area contributed by atoms with E-state index in [4.69, 9.17) is 0 Å². The van der Waals surface area contributed by atoms with Crippen molar-refractivity contribution in [2.45, 2.75) is 0 Å². The van der Waals surface area contributed by atoms with Crippen LogP contribution in [0.25, 0.3) is 22.0 Å². The molecule has 0 aliphatic carbocycles. The predicted molar refractivity (Wildman–Crippen MR) is 67.1 cm³/mol. The molecular weight excluding hydrogens is 232 g/mol. The SMILES string of the molecule is Fc1cccc(-c2ncc(F)c3ccccc23)c1. The van der Waals surface area contributed by atoms with E-state index in [0.29, 0.717) is 22.0 Å². The number of halogens is 2. The van der Waals surface area contributed by atoms with Gasteiger partial charge in [0.15, 0.2) is 0 Å². The zero-order valence-electron chi connectivity index (χ0n) is 9.40. The van der Waals surface area contributed by atoms with E-state index >= 15 is 0 Å². The van der Waals surface area contributed by atoms with Crippen molar-refractivity contribution in [1.82, 2.24) is 4.98 Å². The number of aromatic nitrogens is 1. The van der Waals surface area contributed by atoms with Crippen LogP contribution in [0.2, 0.25) is 0 Å². The molecule has 3 aromatic rings. The zero-order valence-corrected chi connectivity index (χ0v) is 9.40. The summed E-state index contributed by atoms with van der Waals surface area (Å²) < 4.78 is 26.9. The molecule has 0 saturated carbocycles. The lowest BCUT2D eigenvalue weighted by Crippen LogP contribution is -1.90. The molecule has 3 heteroatoms. The summed E-state index contributed by atoms with van der Waals surface area (Å²) in [6.07, 6.45) is 1.17. The number of rotatable bonds is 1. The molecule has 0 atom stereocenters. The standard InChI is InChI=1S/C15H9F2N/c16-11-5-3-4-10(8-11)15-13-7-2-1-6-12(13)14(17)9-18-15/h1-9H. The Kier molecular flexibility index (Phi) is 2.52. The van der Waals surface area contributed by atoms with Crippen LogP contribution >= 0.6 is 0 Å². The van der Waals surface area contributed by atoms with Crippen LogP contribution in [-0.4, -0.2) is 4.98 Å². The monoisotopic (exact) mass is 241 g/mol. The van der Waals surface area contributed by atoms with Gasteiger partial charge in [-0.1, -0.05) is 36.4 Å². The molecule has 18 heavy (non-hydrogen) atoms. The molecule has 0 saturated heterocycles. The van der Waals surface area contributed by atoms with Gasteiger partial charge in [-0.15, -0.1) is 0 Å². The average molecular weight is 241 g/mol. The summed E-state index contributed by atoms with van der Waals surface area (Å²) >= 11 is 0. The molecule has 0 aliphatic heterocycles. The van der Waals surface area contributed by atoms with Gasteiger partial charge in [-0.25, -0.2) is 8.78 Å². The summed E-state index contributed by atoms with van der Waals surface area (Å²) in [6, 6.07) is 13.2. The lowest BCUT2D eigenvalue weighted by molar-refractivity contribution is 0.628. The molecule has 1 aromatic heterocycles. The maximum atomic E-state index is 13.6. The first-order chi connectivity index (χ1) is 8.75. The first kappa shape index (κ1) is 10.8. The minimum atomic E-state index is -0.370. The topological polar surface area (TPSA) is 12.9 Å². The molecule has 0 spiro atoms. The predicted octanol–water partition coefficient (Wildman–Crippen LogP) is 4.18. The molecule has 1 heterocycles. The normalized spacial score (nSPS) is 10.8. The number of hydrogen-bond donors (Lipinski definition) is 0. The highest BCUT2D eigenvalue weighted by Gasteiger charge is 2.09. The van der Waals surface area contributed by atoms with Gasteiger partial charge in [-0.3, -0.25) is 4.98 Å². The van der Waals surface area contributed by atoms with Gasteiger partial charge >= 0.3 is 0 Å². The Hall–Kier alpha value is -2.29. The first-order valence-electron chi connectivity index (χ1n) is 5.55. The molecule has 0 radical (unpaired) electrons. The smallest absolute Gasteiger partial charge is 0.149 e. The maximum Gasteiger partial charge on any atom is 0.149 e. The minimum Gasteiger partial charge on any atom is -0.253 e. The van der Waals surface area contributed by atoms with Gasteiger partial charge in [0.1, 0.15) is 11.6 Å². The number of fused-ring (bicyclic) bond motifs is 1. The molecule has 3 rings (SSSR count). The molecule has 0 unspecified atom stereocenters. The summed E-state index contributed by atoms with van der Waals surface area (Å²) in [6.45, 7) is 0. The number of nitrogens with zero attached hydrogens (tertiary/aromatic N) is 1. The maximum absolute atomic E-state index is 13.6. The molecule has 0 bridgehead atoms. The van der Waals surface area contributed by atoms with Gasteiger partial charge in [-0.05, 0) is 12.1 Å². The summed E-state index contributed by atoms with van der Waals surface area (Å²) in [5.41, 5.74) is 1.23. The Morgan fingerprint density at radius 1 is 0.833 bits per heavy atom. The molecular formula is C15H9F2N. The Morgan fingerprint density at radius 3 is 2.39 bits per heavy atom. The van der Waals surface area contributed by atoms with E-state index in [1.54, 1.807) is 30.3 Å². The molecule has 1 nitrogen and oxygen atoms in total. The third kappa shape index (κ3) is 1.74. The summed E-state index contributed by atoms with van der Waals surface area (Å²) in [7, 11) is 0. The van der Waals surface area contributed by atoms with Gasteiger partial charge in [0.25, 0.3) is 0 Å². The highest BCUT2D eigenvalue weighted by Crippen LogP contribution is 2.28. The van der Waals surface area contributed by atoms with E-state index in [2.05, 4.69) is 4.98 Å². The van der Waals surface area contributed by atoms with Crippen molar-refractivity contribution in [1.29, 1.82) is 0 Å². The van der Waals surface area contributed by atoms with Crippen LogP contribution in [0.5, 0.6) is 0 Å². The minimum absolute atomic E-state index is 0.331. The molecule has 0 fully saturated rings. The van der Waals surface area contributed by atoms with E-state index in [1.165, 1.54) is 18.3 Å². The molecule has 0 aliphatic rings. The van der Waals surface area contributed by atoms with E-state index in [9.17, 15) is 8.78 Å². The third-order valence-corrected chi connectivity index (χ3v) is 2.84. The van der Waals surface area contributed by atoms with Gasteiger partial charge < -0.3 is 0 Å². The van der Waals surface area contributed by atoms with Crippen molar-refractivity contribution in [3.63, 3.8) is 0 Å². The van der Waals surface area contributed by atoms with Gasteiger partial charge in [0.05, 0.1) is 11.9 Å². The van der Waals surface area contributed by atoms with Crippen molar-refractivity contribution in [3.05, 3.63) is 66.4 Å². The summed E-state index contributed by atoms with van der Waals surface area (Å²) in [4.78, 5) is 4.08. The van der Waals surface area contributed by atoms with Crippen molar-refractivity contribution >= 4 is 10.8 Å². The fourth-order valence-corrected chi connectivity index (χ4v) is 2.02. The highest BCUT2D eigenvalue weighted by atomic mass is 19.1. The van der Waals surface area contributed by atoms with Crippen LogP contribution in [0.4, 0.5) is 8.78 Å². The van der Waals surface area contributed by atoms with Gasteiger partial charge in [0.2, 0.25) is 0 Å². The Labute approximate surface area is 103 Å².